The van der Waals surface area contributed by atoms with E-state index in [1.807, 2.05) is 42.3 Å². The fourth-order valence-electron chi connectivity index (χ4n) is 3.85. The van der Waals surface area contributed by atoms with Crippen LogP contribution < -0.4 is 5.32 Å². The maximum Gasteiger partial charge on any atom is 0.270 e. The lowest BCUT2D eigenvalue weighted by atomic mass is 10.0. The standard InChI is InChI=1S/C20H23N5O2/c1-12(22-13(2)26)9-16-15-5-3-4-6-18(15)23-19(16)20(27)25-8-7-17-14(11-25)10-21-24-17/h3-6,10,12,23H,7-9,11H2,1-2H3,(H,21,24)(H,22,26). The molecule has 0 saturated carbocycles. The number of carbonyl (C=O) groups is 2. The van der Waals surface area contributed by atoms with Crippen molar-refractivity contribution in [1.29, 1.82) is 0 Å². The summed E-state index contributed by atoms with van der Waals surface area (Å²) in [5, 5.41) is 11.0. The highest BCUT2D eigenvalue weighted by Crippen LogP contribution is 2.26. The highest BCUT2D eigenvalue weighted by atomic mass is 16.2. The van der Waals surface area contributed by atoms with E-state index in [2.05, 4.69) is 20.5 Å². The van der Waals surface area contributed by atoms with Crippen LogP contribution in [0.4, 0.5) is 0 Å². The monoisotopic (exact) mass is 365 g/mol. The maximum absolute atomic E-state index is 13.3. The first-order valence-corrected chi connectivity index (χ1v) is 9.20. The number of carbonyl (C=O) groups excluding carboxylic acids is 2. The summed E-state index contributed by atoms with van der Waals surface area (Å²) in [7, 11) is 0. The number of rotatable bonds is 4. The number of aromatic nitrogens is 3. The van der Waals surface area contributed by atoms with E-state index in [9.17, 15) is 9.59 Å². The van der Waals surface area contributed by atoms with Crippen LogP contribution in [0.3, 0.4) is 0 Å². The van der Waals surface area contributed by atoms with Gasteiger partial charge in [-0.25, -0.2) is 0 Å². The molecule has 1 aliphatic heterocycles. The van der Waals surface area contributed by atoms with Crippen molar-refractivity contribution in [2.45, 2.75) is 39.3 Å². The Balaban J connectivity index is 1.67. The van der Waals surface area contributed by atoms with Gasteiger partial charge in [0.1, 0.15) is 5.69 Å². The van der Waals surface area contributed by atoms with Crippen LogP contribution in [-0.2, 0) is 24.2 Å². The smallest absolute Gasteiger partial charge is 0.270 e. The van der Waals surface area contributed by atoms with Crippen molar-refractivity contribution in [3.63, 3.8) is 0 Å². The summed E-state index contributed by atoms with van der Waals surface area (Å²) in [6.07, 6.45) is 3.21. The van der Waals surface area contributed by atoms with E-state index in [1.165, 1.54) is 6.92 Å². The zero-order chi connectivity index (χ0) is 19.0. The highest BCUT2D eigenvalue weighted by molar-refractivity contribution is 6.01. The molecule has 1 aromatic carbocycles. The van der Waals surface area contributed by atoms with Gasteiger partial charge in [0.2, 0.25) is 5.91 Å². The minimum atomic E-state index is -0.0706. The fraction of sp³-hybridized carbons (Fsp3) is 0.350. The third-order valence-corrected chi connectivity index (χ3v) is 5.06. The zero-order valence-electron chi connectivity index (χ0n) is 15.5. The summed E-state index contributed by atoms with van der Waals surface area (Å²) < 4.78 is 0. The molecule has 0 spiro atoms. The molecule has 1 unspecified atom stereocenters. The molecule has 1 aliphatic rings. The molecule has 1 atom stereocenters. The summed E-state index contributed by atoms with van der Waals surface area (Å²) in [5.74, 6) is -0.0817. The van der Waals surface area contributed by atoms with Gasteiger partial charge in [0.25, 0.3) is 5.91 Å². The first-order valence-electron chi connectivity index (χ1n) is 9.20. The van der Waals surface area contributed by atoms with Crippen LogP contribution in [0.15, 0.2) is 30.5 Å². The minimum Gasteiger partial charge on any atom is -0.354 e. The highest BCUT2D eigenvalue weighted by Gasteiger charge is 2.27. The molecule has 3 aromatic rings. The third kappa shape index (κ3) is 3.32. The number of benzene rings is 1. The SMILES string of the molecule is CC(=O)NC(C)Cc1c(C(=O)N2CCc3n[nH]cc3C2)[nH]c2ccccc12. The Labute approximate surface area is 157 Å². The predicted octanol–water partition coefficient (Wildman–Crippen LogP) is 2.16. The van der Waals surface area contributed by atoms with Crippen molar-refractivity contribution in [1.82, 2.24) is 25.4 Å². The van der Waals surface area contributed by atoms with E-state index in [-0.39, 0.29) is 17.9 Å². The average Bonchev–Trinajstić information content (AvgIpc) is 3.24. The van der Waals surface area contributed by atoms with Crippen LogP contribution in [0, 0.1) is 0 Å². The molecule has 4 rings (SSSR count). The molecular weight excluding hydrogens is 342 g/mol. The molecule has 27 heavy (non-hydrogen) atoms. The van der Waals surface area contributed by atoms with Gasteiger partial charge in [-0.1, -0.05) is 18.2 Å². The van der Waals surface area contributed by atoms with Crippen LogP contribution in [0.25, 0.3) is 10.9 Å². The molecule has 2 aromatic heterocycles. The van der Waals surface area contributed by atoms with Gasteiger partial charge in [0.05, 0.1) is 5.69 Å². The average molecular weight is 365 g/mol. The molecule has 2 amide bonds. The Morgan fingerprint density at radius 2 is 2.15 bits per heavy atom. The van der Waals surface area contributed by atoms with Crippen LogP contribution in [0.1, 0.15) is 41.2 Å². The van der Waals surface area contributed by atoms with Crippen LogP contribution >= 0.6 is 0 Å². The lowest BCUT2D eigenvalue weighted by molar-refractivity contribution is -0.119. The number of para-hydroxylation sites is 1. The second-order valence-electron chi connectivity index (χ2n) is 7.16. The Morgan fingerprint density at radius 1 is 1.33 bits per heavy atom. The van der Waals surface area contributed by atoms with Crippen LogP contribution in [0.5, 0.6) is 0 Å². The molecule has 7 nitrogen and oxygen atoms in total. The summed E-state index contributed by atoms with van der Waals surface area (Å²) in [6, 6.07) is 7.85. The maximum atomic E-state index is 13.3. The minimum absolute atomic E-state index is 0.0110. The molecule has 7 heteroatoms. The lowest BCUT2D eigenvalue weighted by Crippen LogP contribution is -2.37. The Bertz CT molecular complexity index is 1000. The largest absolute Gasteiger partial charge is 0.354 e. The fourth-order valence-corrected chi connectivity index (χ4v) is 3.85. The molecule has 3 heterocycles. The molecule has 0 bridgehead atoms. The summed E-state index contributed by atoms with van der Waals surface area (Å²) in [6.45, 7) is 4.66. The van der Waals surface area contributed by atoms with Crippen molar-refractivity contribution >= 4 is 22.7 Å². The molecule has 0 fully saturated rings. The van der Waals surface area contributed by atoms with Gasteiger partial charge in [-0.05, 0) is 25.0 Å². The topological polar surface area (TPSA) is 93.9 Å². The normalized spacial score (nSPS) is 14.8. The summed E-state index contributed by atoms with van der Waals surface area (Å²) >= 11 is 0. The van der Waals surface area contributed by atoms with Gasteiger partial charge in [-0.3, -0.25) is 14.7 Å². The Morgan fingerprint density at radius 3 is 2.96 bits per heavy atom. The van der Waals surface area contributed by atoms with E-state index >= 15 is 0 Å². The van der Waals surface area contributed by atoms with Crippen molar-refractivity contribution in [3.8, 4) is 0 Å². The van der Waals surface area contributed by atoms with Crippen LogP contribution in [0.2, 0.25) is 0 Å². The summed E-state index contributed by atoms with van der Waals surface area (Å²) in [5.41, 5.74) is 4.61. The van der Waals surface area contributed by atoms with Gasteiger partial charge >= 0.3 is 0 Å². The Kier molecular flexibility index (Phi) is 4.43. The number of fused-ring (bicyclic) bond motifs is 2. The molecule has 140 valence electrons. The Hall–Kier alpha value is -3.09. The van der Waals surface area contributed by atoms with Gasteiger partial charge in [-0.15, -0.1) is 0 Å². The lowest BCUT2D eigenvalue weighted by Gasteiger charge is -2.26. The zero-order valence-corrected chi connectivity index (χ0v) is 15.5. The first kappa shape index (κ1) is 17.3. The number of H-pyrrole nitrogens is 2. The second-order valence-corrected chi connectivity index (χ2v) is 7.16. The van der Waals surface area contributed by atoms with Crippen molar-refractivity contribution in [3.05, 3.63) is 53.0 Å². The predicted molar refractivity (Wildman–Crippen MR) is 102 cm³/mol. The van der Waals surface area contributed by atoms with Crippen molar-refractivity contribution in [2.24, 2.45) is 0 Å². The molecule has 0 aliphatic carbocycles. The number of aromatic amines is 2. The van der Waals surface area contributed by atoms with Crippen molar-refractivity contribution < 1.29 is 9.59 Å². The van der Waals surface area contributed by atoms with Crippen LogP contribution in [-0.4, -0.2) is 44.5 Å². The number of amides is 2. The quantitative estimate of drug-likeness (QED) is 0.661. The molecule has 0 saturated heterocycles. The van der Waals surface area contributed by atoms with E-state index in [0.717, 1.165) is 34.1 Å². The van der Waals surface area contributed by atoms with E-state index in [1.54, 1.807) is 0 Å². The first-order chi connectivity index (χ1) is 13.0. The third-order valence-electron chi connectivity index (χ3n) is 5.06. The molecule has 0 radical (unpaired) electrons. The van der Waals surface area contributed by atoms with E-state index < -0.39 is 0 Å². The summed E-state index contributed by atoms with van der Waals surface area (Å²) in [4.78, 5) is 29.9. The van der Waals surface area contributed by atoms with Gasteiger partial charge in [0, 0.05) is 55.1 Å². The van der Waals surface area contributed by atoms with Crippen molar-refractivity contribution in [2.75, 3.05) is 6.54 Å². The second kappa shape index (κ2) is 6.90. The number of hydrogen-bond acceptors (Lipinski definition) is 3. The number of hydrogen-bond donors (Lipinski definition) is 3. The van der Waals surface area contributed by atoms with Gasteiger partial charge < -0.3 is 15.2 Å². The molecular formula is C20H23N5O2. The number of nitrogens with zero attached hydrogens (tertiary/aromatic N) is 2. The number of nitrogens with one attached hydrogen (secondary N) is 3. The van der Waals surface area contributed by atoms with Gasteiger partial charge in [0.15, 0.2) is 0 Å². The van der Waals surface area contributed by atoms with E-state index in [4.69, 9.17) is 0 Å². The van der Waals surface area contributed by atoms with E-state index in [0.29, 0.717) is 25.2 Å². The van der Waals surface area contributed by atoms with Gasteiger partial charge in [-0.2, -0.15) is 5.10 Å². The molecule has 3 N–H and O–H groups in total.